The maximum Gasteiger partial charge on any atom is 0.124 e. The number of hydrogen-bond acceptors (Lipinski definition) is 3. The van der Waals surface area contributed by atoms with Crippen LogP contribution in [0, 0.1) is 12.7 Å². The van der Waals surface area contributed by atoms with Crippen LogP contribution in [-0.2, 0) is 6.42 Å². The van der Waals surface area contributed by atoms with Gasteiger partial charge in [0.25, 0.3) is 0 Å². The van der Waals surface area contributed by atoms with Gasteiger partial charge in [-0.2, -0.15) is 5.10 Å². The maximum absolute atomic E-state index is 13.0. The highest BCUT2D eigenvalue weighted by atomic mass is 19.1. The summed E-state index contributed by atoms with van der Waals surface area (Å²) in [5, 5.41) is 5.77. The van der Waals surface area contributed by atoms with Crippen molar-refractivity contribution in [3.8, 4) is 0 Å². The molecule has 0 saturated heterocycles. The molecule has 1 aliphatic rings. The Morgan fingerprint density at radius 2 is 2.00 bits per heavy atom. The molecule has 4 N–H and O–H groups in total. The Hall–Kier alpha value is -2.99. The topological polar surface area (TPSA) is 78.6 Å². The summed E-state index contributed by atoms with van der Waals surface area (Å²) in [6, 6.07) is 12.5. The predicted molar refractivity (Wildman–Crippen MR) is 107 cm³/mol. The molecule has 2 aromatic carbocycles. The summed E-state index contributed by atoms with van der Waals surface area (Å²) in [6.07, 6.45) is 3.96. The molecule has 0 radical (unpaired) electrons. The van der Waals surface area contributed by atoms with Crippen molar-refractivity contribution in [3.63, 3.8) is 0 Å². The number of benzene rings is 2. The van der Waals surface area contributed by atoms with E-state index in [0.717, 1.165) is 41.7 Å². The lowest BCUT2D eigenvalue weighted by molar-refractivity contribution is 0.625. The molecular weight excluding hydrogens is 341 g/mol. The molecule has 1 aliphatic carbocycles. The van der Waals surface area contributed by atoms with Crippen molar-refractivity contribution in [2.45, 2.75) is 32.4 Å². The number of fused-ring (bicyclic) bond motifs is 3. The molecular formula is C21H22FN5. The molecule has 1 heterocycles. The van der Waals surface area contributed by atoms with Crippen LogP contribution in [-0.4, -0.2) is 17.0 Å². The zero-order valence-electron chi connectivity index (χ0n) is 15.2. The van der Waals surface area contributed by atoms with Crippen LogP contribution in [0.15, 0.2) is 52.6 Å². The molecule has 0 amide bonds. The van der Waals surface area contributed by atoms with E-state index in [1.54, 1.807) is 12.1 Å². The van der Waals surface area contributed by atoms with Crippen molar-refractivity contribution in [1.82, 2.24) is 10.4 Å². The van der Waals surface area contributed by atoms with Gasteiger partial charge in [-0.25, -0.2) is 4.39 Å². The molecule has 0 fully saturated rings. The van der Waals surface area contributed by atoms with E-state index >= 15 is 0 Å². The molecule has 1 atom stereocenters. The number of nitrogens with zero attached hydrogens (tertiary/aromatic N) is 2. The highest BCUT2D eigenvalue weighted by Crippen LogP contribution is 2.29. The van der Waals surface area contributed by atoms with Gasteiger partial charge >= 0.3 is 0 Å². The van der Waals surface area contributed by atoms with Gasteiger partial charge in [-0.1, -0.05) is 23.8 Å². The lowest BCUT2D eigenvalue weighted by Crippen LogP contribution is -2.17. The zero-order valence-corrected chi connectivity index (χ0v) is 15.2. The number of nitrogens with two attached hydrogens (primary N) is 1. The van der Waals surface area contributed by atoms with E-state index in [1.165, 1.54) is 35.0 Å². The summed E-state index contributed by atoms with van der Waals surface area (Å²) < 4.78 is 13.0. The third-order valence-electron chi connectivity index (χ3n) is 4.89. The maximum atomic E-state index is 13.0. The summed E-state index contributed by atoms with van der Waals surface area (Å²) in [6.45, 7) is 2.11. The van der Waals surface area contributed by atoms with Crippen molar-refractivity contribution >= 4 is 23.0 Å². The lowest BCUT2D eigenvalue weighted by Gasteiger charge is -2.14. The minimum absolute atomic E-state index is 0.291. The fourth-order valence-corrected chi connectivity index (χ4v) is 3.50. The highest BCUT2D eigenvalue weighted by molar-refractivity contribution is 6.06. The molecule has 5 nitrogen and oxygen atoms in total. The summed E-state index contributed by atoms with van der Waals surface area (Å²) in [7, 11) is 0. The minimum atomic E-state index is -0.559. The molecule has 6 heteroatoms. The first kappa shape index (κ1) is 17.4. The van der Waals surface area contributed by atoms with E-state index in [-0.39, 0.29) is 5.82 Å². The number of H-pyrrole nitrogens is 1. The average molecular weight is 363 g/mol. The number of halogens is 1. The number of aromatic nitrogens is 1. The molecule has 4 rings (SSSR count). The molecule has 27 heavy (non-hydrogen) atoms. The second kappa shape index (κ2) is 7.32. The SMILES string of the molecule is Cc1ccc2[nH]c3c(c2c1)CCCC3=NNC=NC(N)c1ccc(F)cc1. The Bertz CT molecular complexity index is 1020. The van der Waals surface area contributed by atoms with Gasteiger partial charge in [0.05, 0.1) is 11.4 Å². The van der Waals surface area contributed by atoms with Crippen molar-refractivity contribution in [2.24, 2.45) is 15.8 Å². The molecule has 0 spiro atoms. The van der Waals surface area contributed by atoms with E-state index in [2.05, 4.69) is 45.6 Å². The van der Waals surface area contributed by atoms with Crippen LogP contribution in [0.2, 0.25) is 0 Å². The van der Waals surface area contributed by atoms with Crippen molar-refractivity contribution in [3.05, 3.63) is 70.7 Å². The van der Waals surface area contributed by atoms with Crippen molar-refractivity contribution in [1.29, 1.82) is 0 Å². The molecule has 1 unspecified atom stereocenters. The summed E-state index contributed by atoms with van der Waals surface area (Å²) in [4.78, 5) is 7.72. The summed E-state index contributed by atoms with van der Waals surface area (Å²) in [5.41, 5.74) is 15.5. The predicted octanol–water partition coefficient (Wildman–Crippen LogP) is 3.93. The van der Waals surface area contributed by atoms with Gasteiger partial charge in [0, 0.05) is 10.9 Å². The Balaban J connectivity index is 1.50. The lowest BCUT2D eigenvalue weighted by atomic mass is 9.94. The first-order valence-corrected chi connectivity index (χ1v) is 9.08. The third-order valence-corrected chi connectivity index (χ3v) is 4.89. The van der Waals surface area contributed by atoms with Crippen LogP contribution in [0.4, 0.5) is 4.39 Å². The average Bonchev–Trinajstić information content (AvgIpc) is 3.04. The van der Waals surface area contributed by atoms with Crippen molar-refractivity contribution < 1.29 is 4.39 Å². The molecule has 0 aliphatic heterocycles. The second-order valence-corrected chi connectivity index (χ2v) is 6.84. The van der Waals surface area contributed by atoms with Crippen LogP contribution in [0.3, 0.4) is 0 Å². The smallest absolute Gasteiger partial charge is 0.124 e. The van der Waals surface area contributed by atoms with Gasteiger partial charge in [0.2, 0.25) is 0 Å². The summed E-state index contributed by atoms with van der Waals surface area (Å²) >= 11 is 0. The van der Waals surface area contributed by atoms with Gasteiger partial charge < -0.3 is 10.7 Å². The van der Waals surface area contributed by atoms with Crippen LogP contribution < -0.4 is 11.2 Å². The molecule has 1 aromatic heterocycles. The monoisotopic (exact) mass is 363 g/mol. The second-order valence-electron chi connectivity index (χ2n) is 6.84. The minimum Gasteiger partial charge on any atom is -0.353 e. The molecule has 3 aromatic rings. The fraction of sp³-hybridized carbons (Fsp3) is 0.238. The summed E-state index contributed by atoms with van der Waals surface area (Å²) in [5.74, 6) is -0.291. The normalized spacial score (nSPS) is 16.8. The van der Waals surface area contributed by atoms with Crippen LogP contribution in [0.25, 0.3) is 10.9 Å². The largest absolute Gasteiger partial charge is 0.353 e. The van der Waals surface area contributed by atoms with Gasteiger partial charge in [-0.3, -0.25) is 10.4 Å². The van der Waals surface area contributed by atoms with Gasteiger partial charge in [-0.05, 0) is 61.6 Å². The number of hydrazone groups is 1. The Morgan fingerprint density at radius 1 is 1.19 bits per heavy atom. The number of aryl methyl sites for hydroxylation is 2. The number of rotatable bonds is 4. The fourth-order valence-electron chi connectivity index (χ4n) is 3.50. The van der Waals surface area contributed by atoms with E-state index in [1.807, 2.05) is 0 Å². The van der Waals surface area contributed by atoms with E-state index in [0.29, 0.717) is 0 Å². The Kier molecular flexibility index (Phi) is 4.73. The first-order chi connectivity index (χ1) is 13.1. The molecule has 0 saturated carbocycles. The third kappa shape index (κ3) is 3.61. The van der Waals surface area contributed by atoms with Gasteiger partial charge in [0.1, 0.15) is 18.3 Å². The number of aliphatic imine (C=N–C) groups is 1. The zero-order chi connectivity index (χ0) is 18.8. The van der Waals surface area contributed by atoms with Crippen LogP contribution >= 0.6 is 0 Å². The number of nitrogens with one attached hydrogen (secondary N) is 2. The highest BCUT2D eigenvalue weighted by Gasteiger charge is 2.20. The van der Waals surface area contributed by atoms with E-state index in [4.69, 9.17) is 5.73 Å². The van der Waals surface area contributed by atoms with Gasteiger partial charge in [0.15, 0.2) is 0 Å². The van der Waals surface area contributed by atoms with Crippen molar-refractivity contribution in [2.75, 3.05) is 0 Å². The van der Waals surface area contributed by atoms with Crippen LogP contribution in [0.5, 0.6) is 0 Å². The molecule has 138 valence electrons. The molecule has 0 bridgehead atoms. The van der Waals surface area contributed by atoms with Gasteiger partial charge in [-0.15, -0.1) is 0 Å². The quantitative estimate of drug-likeness (QED) is 0.373. The first-order valence-electron chi connectivity index (χ1n) is 9.08. The number of hydrogen-bond donors (Lipinski definition) is 3. The van der Waals surface area contributed by atoms with E-state index in [9.17, 15) is 4.39 Å². The van der Waals surface area contributed by atoms with E-state index < -0.39 is 6.17 Å². The Labute approximate surface area is 157 Å². The number of aromatic amines is 1. The van der Waals surface area contributed by atoms with Crippen LogP contribution in [0.1, 0.15) is 41.4 Å². The Morgan fingerprint density at radius 3 is 2.81 bits per heavy atom. The standard InChI is InChI=1S/C21H22FN5/c1-13-5-10-18-17(11-13)16-3-2-4-19(20(16)26-18)27-25-12-24-21(23)14-6-8-15(22)9-7-14/h5-12,21,26H,2-4,23H2,1H3,(H,24,25).